The maximum atomic E-state index is 10.9. The number of rotatable bonds is 12. The van der Waals surface area contributed by atoms with Gasteiger partial charge < -0.3 is 29.7 Å². The standard InChI is InChI=1S/C40H38N4O6/c45-37(46)9-3-19-49-31-7-1-5-25(21-31)39-33-15-11-27(41-33)23-29-13-17-35(43-29)40(26-6-2-8-32(22-26)50-20-4-10-38(47)48)36-18-14-30(44-36)24-28-12-16-34(39)42-28/h1-2,5-8,11,14-15,18,21-24,41,44H,3-4,9-10,12-13,16-17,19-20H2,(H,45,46)(H,47,48). The van der Waals surface area contributed by atoms with Crippen LogP contribution in [-0.4, -0.2) is 55.3 Å². The van der Waals surface area contributed by atoms with E-state index in [-0.39, 0.29) is 12.8 Å². The molecule has 2 aliphatic rings. The Labute approximate surface area is 288 Å². The van der Waals surface area contributed by atoms with Crippen LogP contribution in [0.15, 0.2) is 84.9 Å². The Morgan fingerprint density at radius 2 is 1.06 bits per heavy atom. The fourth-order valence-corrected chi connectivity index (χ4v) is 6.54. The second-order valence-electron chi connectivity index (χ2n) is 12.5. The van der Waals surface area contributed by atoms with Gasteiger partial charge >= 0.3 is 11.9 Å². The molecule has 7 rings (SSSR count). The number of H-pyrrole nitrogens is 2. The lowest BCUT2D eigenvalue weighted by atomic mass is 10.0. The predicted octanol–water partition coefficient (Wildman–Crippen LogP) is 7.71. The minimum absolute atomic E-state index is 0.0661. The first-order chi connectivity index (χ1) is 24.4. The summed E-state index contributed by atoms with van der Waals surface area (Å²) in [5.41, 5.74) is 11.6. The summed E-state index contributed by atoms with van der Waals surface area (Å²) in [5, 5.41) is 18.0. The largest absolute Gasteiger partial charge is 0.494 e. The third kappa shape index (κ3) is 7.70. The number of benzene rings is 2. The van der Waals surface area contributed by atoms with E-state index in [2.05, 4.69) is 58.5 Å². The van der Waals surface area contributed by atoms with Crippen molar-refractivity contribution in [2.75, 3.05) is 13.2 Å². The highest BCUT2D eigenvalue weighted by molar-refractivity contribution is 5.86. The van der Waals surface area contributed by atoms with Crippen LogP contribution in [0.1, 0.15) is 48.5 Å². The average Bonchev–Trinajstić information content (AvgIpc) is 3.93. The zero-order valence-electron chi connectivity index (χ0n) is 27.6. The van der Waals surface area contributed by atoms with Crippen LogP contribution in [0.5, 0.6) is 11.5 Å². The van der Waals surface area contributed by atoms with Crippen LogP contribution in [-0.2, 0) is 35.3 Å². The van der Waals surface area contributed by atoms with Gasteiger partial charge in [0.15, 0.2) is 0 Å². The monoisotopic (exact) mass is 670 g/mol. The van der Waals surface area contributed by atoms with Crippen molar-refractivity contribution in [3.05, 3.63) is 108 Å². The summed E-state index contributed by atoms with van der Waals surface area (Å²) < 4.78 is 11.9. The van der Waals surface area contributed by atoms with Crippen LogP contribution >= 0.6 is 0 Å². The molecule has 8 bridgehead atoms. The zero-order valence-corrected chi connectivity index (χ0v) is 27.6. The van der Waals surface area contributed by atoms with Crippen molar-refractivity contribution in [3.8, 4) is 33.8 Å². The summed E-state index contributed by atoms with van der Waals surface area (Å²) in [5.74, 6) is -0.294. The number of fused-ring (bicyclic) bond motifs is 8. The molecule has 0 saturated carbocycles. The number of carboxylic acid groups (broad SMARTS) is 2. The van der Waals surface area contributed by atoms with E-state index in [1.54, 1.807) is 0 Å². The molecule has 0 saturated heterocycles. The third-order valence-corrected chi connectivity index (χ3v) is 8.82. The molecule has 0 aliphatic carbocycles. The van der Waals surface area contributed by atoms with E-state index in [9.17, 15) is 9.59 Å². The highest BCUT2D eigenvalue weighted by atomic mass is 16.5. The first-order valence-electron chi connectivity index (χ1n) is 17.0. The van der Waals surface area contributed by atoms with Gasteiger partial charge in [-0.1, -0.05) is 24.3 Å². The summed E-state index contributed by atoms with van der Waals surface area (Å²) in [7, 11) is 0. The smallest absolute Gasteiger partial charge is 0.303 e. The molecule has 4 N–H and O–H groups in total. The number of carbonyl (C=O) groups is 2. The lowest BCUT2D eigenvalue weighted by Crippen LogP contribution is -2.02. The number of hydrogen-bond acceptors (Lipinski definition) is 6. The van der Waals surface area contributed by atoms with E-state index in [1.165, 1.54) is 0 Å². The van der Waals surface area contributed by atoms with Crippen LogP contribution < -0.4 is 9.47 Å². The molecule has 50 heavy (non-hydrogen) atoms. The molecular weight excluding hydrogens is 632 g/mol. The quantitative estimate of drug-likeness (QED) is 0.0986. The van der Waals surface area contributed by atoms with Crippen molar-refractivity contribution in [3.63, 3.8) is 0 Å². The normalized spacial score (nSPS) is 12.5. The van der Waals surface area contributed by atoms with Crippen LogP contribution in [0, 0.1) is 0 Å². The highest BCUT2D eigenvalue weighted by Crippen LogP contribution is 2.34. The lowest BCUT2D eigenvalue weighted by molar-refractivity contribution is -0.138. The minimum atomic E-state index is -0.832. The Kier molecular flexibility index (Phi) is 9.59. The van der Waals surface area contributed by atoms with Crippen LogP contribution in [0.25, 0.3) is 44.3 Å². The second kappa shape index (κ2) is 14.7. The Balaban J connectivity index is 1.33. The summed E-state index contributed by atoms with van der Waals surface area (Å²) in [4.78, 5) is 39.4. The van der Waals surface area contributed by atoms with Crippen LogP contribution in [0.2, 0.25) is 0 Å². The van der Waals surface area contributed by atoms with Gasteiger partial charge in [-0.05, 0) is 110 Å². The molecule has 5 aromatic rings. The predicted molar refractivity (Wildman–Crippen MR) is 191 cm³/mol. The van der Waals surface area contributed by atoms with Gasteiger partial charge in [0.25, 0.3) is 0 Å². The van der Waals surface area contributed by atoms with Crippen molar-refractivity contribution >= 4 is 34.0 Å². The molecular formula is C40H38N4O6. The number of hydrogen-bond donors (Lipinski definition) is 4. The number of carboxylic acids is 2. The van der Waals surface area contributed by atoms with Crippen LogP contribution in [0.4, 0.5) is 0 Å². The summed E-state index contributed by atoms with van der Waals surface area (Å²) in [6, 6.07) is 28.3. The van der Waals surface area contributed by atoms with E-state index in [0.29, 0.717) is 37.6 Å². The SMILES string of the molecule is O=C(O)CCCOc1cccc(-c2c3nc(cc4ccc([nH]4)c(-c4cccc(OCCCC(=O)O)c4)c4nc(cc5ccc2[nH]5)CC4)CC3)c1. The number of nitrogens with zero attached hydrogens (tertiary/aromatic N) is 2. The van der Waals surface area contributed by atoms with E-state index >= 15 is 0 Å². The molecule has 2 aromatic carbocycles. The summed E-state index contributed by atoms with van der Waals surface area (Å²) in [6.07, 6.45) is 4.14. The number of aliphatic carboxylic acids is 2. The van der Waals surface area contributed by atoms with Crippen molar-refractivity contribution < 1.29 is 29.3 Å². The molecule has 5 heterocycles. The van der Waals surface area contributed by atoms with Crippen molar-refractivity contribution in [1.82, 2.24) is 19.9 Å². The molecule has 0 amide bonds. The number of ether oxygens (including phenoxy) is 2. The second-order valence-corrected chi connectivity index (χ2v) is 12.5. The van der Waals surface area contributed by atoms with Gasteiger partial charge in [0.05, 0.1) is 24.6 Å². The van der Waals surface area contributed by atoms with Gasteiger partial charge in [0.1, 0.15) is 11.5 Å². The first-order valence-corrected chi connectivity index (χ1v) is 17.0. The van der Waals surface area contributed by atoms with E-state index in [0.717, 1.165) is 92.8 Å². The maximum absolute atomic E-state index is 10.9. The first kappa shape index (κ1) is 32.6. The molecule has 10 nitrogen and oxygen atoms in total. The van der Waals surface area contributed by atoms with Gasteiger partial charge in [0, 0.05) is 57.4 Å². The number of nitrogens with one attached hydrogen (secondary N) is 2. The zero-order chi connectivity index (χ0) is 34.5. The summed E-state index contributed by atoms with van der Waals surface area (Å²) in [6.45, 7) is 0.652. The fourth-order valence-electron chi connectivity index (χ4n) is 6.54. The van der Waals surface area contributed by atoms with E-state index in [1.807, 2.05) is 36.4 Å². The molecule has 0 spiro atoms. The molecule has 0 atom stereocenters. The number of aromatic nitrogens is 4. The Morgan fingerprint density at radius 1 is 0.600 bits per heavy atom. The van der Waals surface area contributed by atoms with Crippen LogP contribution in [0.3, 0.4) is 0 Å². The molecule has 0 radical (unpaired) electrons. The minimum Gasteiger partial charge on any atom is -0.494 e. The van der Waals surface area contributed by atoms with Crippen molar-refractivity contribution in [1.29, 1.82) is 0 Å². The Bertz CT molecular complexity index is 2060. The van der Waals surface area contributed by atoms with Crippen molar-refractivity contribution in [2.45, 2.75) is 51.4 Å². The molecule has 3 aromatic heterocycles. The van der Waals surface area contributed by atoms with Gasteiger partial charge in [0.2, 0.25) is 0 Å². The average molecular weight is 671 g/mol. The summed E-state index contributed by atoms with van der Waals surface area (Å²) >= 11 is 0. The molecule has 2 aliphatic heterocycles. The van der Waals surface area contributed by atoms with Gasteiger partial charge in [-0.25, -0.2) is 0 Å². The molecule has 0 unspecified atom stereocenters. The van der Waals surface area contributed by atoms with E-state index in [4.69, 9.17) is 29.7 Å². The molecule has 10 heteroatoms. The Hall–Kier alpha value is -5.90. The number of aryl methyl sites for hydroxylation is 4. The van der Waals surface area contributed by atoms with Crippen molar-refractivity contribution in [2.24, 2.45) is 0 Å². The molecule has 254 valence electrons. The lowest BCUT2D eigenvalue weighted by Gasteiger charge is -2.09. The number of aromatic amines is 2. The topological polar surface area (TPSA) is 150 Å². The maximum Gasteiger partial charge on any atom is 0.303 e. The van der Waals surface area contributed by atoms with Gasteiger partial charge in [-0.3, -0.25) is 19.6 Å². The highest BCUT2D eigenvalue weighted by Gasteiger charge is 2.18. The third-order valence-electron chi connectivity index (χ3n) is 8.82. The fraction of sp³-hybridized carbons (Fsp3) is 0.250. The Morgan fingerprint density at radius 3 is 1.50 bits per heavy atom. The molecule has 0 fully saturated rings. The van der Waals surface area contributed by atoms with Gasteiger partial charge in [-0.2, -0.15) is 0 Å². The van der Waals surface area contributed by atoms with Gasteiger partial charge in [-0.15, -0.1) is 0 Å². The van der Waals surface area contributed by atoms with E-state index < -0.39 is 11.9 Å².